The van der Waals surface area contributed by atoms with Crippen LogP contribution < -0.4 is 5.73 Å². The van der Waals surface area contributed by atoms with Gasteiger partial charge in [0.05, 0.1) is 5.25 Å². The van der Waals surface area contributed by atoms with Gasteiger partial charge in [0.25, 0.3) is 0 Å². The Morgan fingerprint density at radius 2 is 1.86 bits per heavy atom. The van der Waals surface area contributed by atoms with Crippen LogP contribution in [0.15, 0.2) is 24.3 Å². The molecule has 4 heteroatoms. The van der Waals surface area contributed by atoms with Crippen molar-refractivity contribution in [1.82, 2.24) is 0 Å². The first kappa shape index (κ1) is 9.52. The van der Waals surface area contributed by atoms with Crippen LogP contribution in [0.25, 0.3) is 0 Å². The Labute approximate surface area is 83.9 Å². The zero-order valence-corrected chi connectivity index (χ0v) is 8.79. The Morgan fingerprint density at radius 1 is 1.29 bits per heavy atom. The molecule has 1 aromatic carbocycles. The third-order valence-corrected chi connectivity index (χ3v) is 4.27. The first-order valence-corrected chi connectivity index (χ1v) is 6.48. The summed E-state index contributed by atoms with van der Waals surface area (Å²) >= 11 is 0. The van der Waals surface area contributed by atoms with Gasteiger partial charge in [0.15, 0.2) is 9.84 Å². The number of nitrogen functional groups attached to an aromatic ring is 1. The first-order chi connectivity index (χ1) is 6.48. The minimum atomic E-state index is -2.87. The van der Waals surface area contributed by atoms with Gasteiger partial charge in [-0.3, -0.25) is 0 Å². The molecule has 0 spiro atoms. The van der Waals surface area contributed by atoms with Crippen LogP contribution >= 0.6 is 0 Å². The molecule has 1 fully saturated rings. The molecule has 76 valence electrons. The molecule has 0 saturated heterocycles. The van der Waals surface area contributed by atoms with Crippen molar-refractivity contribution in [2.24, 2.45) is 0 Å². The number of benzene rings is 1. The van der Waals surface area contributed by atoms with E-state index in [1.54, 1.807) is 0 Å². The summed E-state index contributed by atoms with van der Waals surface area (Å²) in [5.41, 5.74) is 7.34. The third kappa shape index (κ3) is 1.75. The number of hydrogen-bond acceptors (Lipinski definition) is 3. The van der Waals surface area contributed by atoms with E-state index >= 15 is 0 Å². The van der Waals surface area contributed by atoms with Crippen molar-refractivity contribution >= 4 is 15.5 Å². The van der Waals surface area contributed by atoms with Gasteiger partial charge >= 0.3 is 0 Å². The van der Waals surface area contributed by atoms with Crippen LogP contribution in [0, 0.1) is 0 Å². The molecule has 2 rings (SSSR count). The minimum Gasteiger partial charge on any atom is -0.399 e. The van der Waals surface area contributed by atoms with Crippen LogP contribution in [0.3, 0.4) is 0 Å². The van der Waals surface area contributed by atoms with Crippen molar-refractivity contribution in [3.63, 3.8) is 0 Å². The number of sulfone groups is 1. The molecule has 0 aromatic heterocycles. The average Bonchev–Trinajstić information content (AvgIpc) is 2.83. The summed E-state index contributed by atoms with van der Waals surface area (Å²) in [5, 5.41) is -0.175. The van der Waals surface area contributed by atoms with E-state index in [1.807, 2.05) is 24.3 Å². The topological polar surface area (TPSA) is 60.2 Å². The average molecular weight is 211 g/mol. The van der Waals surface area contributed by atoms with Gasteiger partial charge in [0.2, 0.25) is 0 Å². The van der Waals surface area contributed by atoms with Crippen molar-refractivity contribution < 1.29 is 8.42 Å². The van der Waals surface area contributed by atoms with E-state index in [-0.39, 0.29) is 11.2 Å². The fraction of sp³-hybridized carbons (Fsp3) is 0.400. The fourth-order valence-corrected chi connectivity index (χ4v) is 3.05. The molecule has 14 heavy (non-hydrogen) atoms. The number of rotatable bonds is 2. The zero-order valence-electron chi connectivity index (χ0n) is 7.97. The highest BCUT2D eigenvalue weighted by Crippen LogP contribution is 2.45. The van der Waals surface area contributed by atoms with Crippen LogP contribution in [0.5, 0.6) is 0 Å². The van der Waals surface area contributed by atoms with Gasteiger partial charge in [0, 0.05) is 17.9 Å². The SMILES string of the molecule is CS(=O)(=O)C1CC1c1ccc(N)cc1. The van der Waals surface area contributed by atoms with Gasteiger partial charge in [-0.2, -0.15) is 0 Å². The molecule has 1 aliphatic rings. The van der Waals surface area contributed by atoms with Crippen molar-refractivity contribution in [2.75, 3.05) is 12.0 Å². The van der Waals surface area contributed by atoms with Gasteiger partial charge < -0.3 is 5.73 Å². The van der Waals surface area contributed by atoms with Crippen molar-refractivity contribution in [3.05, 3.63) is 29.8 Å². The molecule has 0 heterocycles. The van der Waals surface area contributed by atoms with E-state index in [2.05, 4.69) is 0 Å². The van der Waals surface area contributed by atoms with Crippen LogP contribution in [0.4, 0.5) is 5.69 Å². The van der Waals surface area contributed by atoms with E-state index < -0.39 is 9.84 Å². The Hall–Kier alpha value is -1.03. The number of nitrogens with two attached hydrogens (primary N) is 1. The second-order valence-corrected chi connectivity index (χ2v) is 6.14. The van der Waals surface area contributed by atoms with Crippen LogP contribution in [-0.4, -0.2) is 19.9 Å². The molecule has 0 amide bonds. The molecular weight excluding hydrogens is 198 g/mol. The molecule has 2 unspecified atom stereocenters. The van der Waals surface area contributed by atoms with Crippen LogP contribution in [-0.2, 0) is 9.84 Å². The predicted molar refractivity (Wildman–Crippen MR) is 56.8 cm³/mol. The highest BCUT2D eigenvalue weighted by atomic mass is 32.2. The van der Waals surface area contributed by atoms with Gasteiger partial charge in [-0.25, -0.2) is 8.42 Å². The molecular formula is C10H13NO2S. The maximum atomic E-state index is 11.2. The normalized spacial score (nSPS) is 26.1. The predicted octanol–water partition coefficient (Wildman–Crippen LogP) is 1.17. The molecule has 0 radical (unpaired) electrons. The Balaban J connectivity index is 2.18. The summed E-state index contributed by atoms with van der Waals surface area (Å²) in [6.45, 7) is 0. The second kappa shape index (κ2) is 2.98. The van der Waals surface area contributed by atoms with E-state index in [9.17, 15) is 8.42 Å². The smallest absolute Gasteiger partial charge is 0.150 e. The lowest BCUT2D eigenvalue weighted by Gasteiger charge is -1.99. The lowest BCUT2D eigenvalue weighted by atomic mass is 10.1. The monoisotopic (exact) mass is 211 g/mol. The molecule has 3 nitrogen and oxygen atoms in total. The molecule has 0 aliphatic heterocycles. The van der Waals surface area contributed by atoms with Crippen molar-refractivity contribution in [1.29, 1.82) is 0 Å². The summed E-state index contributed by atoms with van der Waals surface area (Å²) in [6.07, 6.45) is 2.05. The van der Waals surface area contributed by atoms with E-state index in [1.165, 1.54) is 6.26 Å². The van der Waals surface area contributed by atoms with Crippen molar-refractivity contribution in [2.45, 2.75) is 17.6 Å². The van der Waals surface area contributed by atoms with Gasteiger partial charge in [-0.1, -0.05) is 12.1 Å². The second-order valence-electron chi connectivity index (χ2n) is 3.88. The number of hydrogen-bond donors (Lipinski definition) is 1. The largest absolute Gasteiger partial charge is 0.399 e. The molecule has 1 aliphatic carbocycles. The fourth-order valence-electron chi connectivity index (χ4n) is 1.74. The maximum absolute atomic E-state index is 11.2. The Kier molecular flexibility index (Phi) is 2.03. The number of anilines is 1. The summed E-state index contributed by atoms with van der Waals surface area (Å²) < 4.78 is 22.4. The lowest BCUT2D eigenvalue weighted by molar-refractivity contribution is 0.600. The molecule has 2 atom stereocenters. The third-order valence-electron chi connectivity index (χ3n) is 2.65. The highest BCUT2D eigenvalue weighted by Gasteiger charge is 2.45. The molecule has 1 aromatic rings. The van der Waals surface area contributed by atoms with E-state index in [0.29, 0.717) is 5.69 Å². The van der Waals surface area contributed by atoms with E-state index in [4.69, 9.17) is 5.73 Å². The van der Waals surface area contributed by atoms with Gasteiger partial charge in [0.1, 0.15) is 0 Å². The maximum Gasteiger partial charge on any atom is 0.150 e. The summed E-state index contributed by atoms with van der Waals surface area (Å²) in [5.74, 6) is 0.186. The van der Waals surface area contributed by atoms with Crippen LogP contribution in [0.1, 0.15) is 17.9 Å². The van der Waals surface area contributed by atoms with E-state index in [0.717, 1.165) is 12.0 Å². The summed E-state index contributed by atoms with van der Waals surface area (Å²) in [7, 11) is -2.87. The zero-order chi connectivity index (χ0) is 10.3. The molecule has 0 bridgehead atoms. The Bertz CT molecular complexity index is 436. The van der Waals surface area contributed by atoms with Gasteiger partial charge in [-0.05, 0) is 24.1 Å². The highest BCUT2D eigenvalue weighted by molar-refractivity contribution is 7.91. The summed E-state index contributed by atoms with van der Waals surface area (Å²) in [6, 6.07) is 7.44. The van der Waals surface area contributed by atoms with Gasteiger partial charge in [-0.15, -0.1) is 0 Å². The molecule has 2 N–H and O–H groups in total. The summed E-state index contributed by atoms with van der Waals surface area (Å²) in [4.78, 5) is 0. The van der Waals surface area contributed by atoms with Crippen molar-refractivity contribution in [3.8, 4) is 0 Å². The van der Waals surface area contributed by atoms with Crippen LogP contribution in [0.2, 0.25) is 0 Å². The first-order valence-electron chi connectivity index (χ1n) is 4.53. The minimum absolute atomic E-state index is 0.175. The molecule has 1 saturated carbocycles. The standard InChI is InChI=1S/C10H13NO2S/c1-14(12,13)10-6-9(10)7-2-4-8(11)5-3-7/h2-5,9-10H,6,11H2,1H3. The Morgan fingerprint density at radius 3 is 2.29 bits per heavy atom. The quantitative estimate of drug-likeness (QED) is 0.747. The lowest BCUT2D eigenvalue weighted by Crippen LogP contribution is -2.05.